The molecule has 1 aliphatic rings. The van der Waals surface area contributed by atoms with Gasteiger partial charge in [0.15, 0.2) is 10.7 Å². The lowest BCUT2D eigenvalue weighted by Gasteiger charge is -2.33. The number of fused-ring (bicyclic) bond motifs is 1. The Balaban J connectivity index is 2.16. The van der Waals surface area contributed by atoms with E-state index in [9.17, 15) is 8.42 Å². The standard InChI is InChI=1S/C14H16N2O4S/c1-9-8-16(12-6-4-5-7-13(12)19-9)21(17,18)14-10(2)15-20-11(14)3/h4-7,9H,8H2,1-3H3. The second-order valence-corrected chi connectivity index (χ2v) is 6.88. The maximum absolute atomic E-state index is 13.0. The first-order chi connectivity index (χ1) is 9.91. The number of rotatable bonds is 2. The molecule has 1 unspecified atom stereocenters. The normalized spacial score (nSPS) is 18.2. The van der Waals surface area contributed by atoms with Gasteiger partial charge < -0.3 is 9.26 Å². The second kappa shape index (κ2) is 4.77. The van der Waals surface area contributed by atoms with Crippen molar-refractivity contribution in [2.24, 2.45) is 0 Å². The van der Waals surface area contributed by atoms with Crippen LogP contribution in [0.4, 0.5) is 5.69 Å². The Labute approximate surface area is 123 Å². The number of aryl methyl sites for hydroxylation is 2. The second-order valence-electron chi connectivity index (χ2n) is 5.09. The van der Waals surface area contributed by atoms with E-state index in [1.165, 1.54) is 4.31 Å². The monoisotopic (exact) mass is 308 g/mol. The van der Waals surface area contributed by atoms with E-state index in [1.807, 2.05) is 13.0 Å². The van der Waals surface area contributed by atoms with E-state index >= 15 is 0 Å². The molecule has 0 N–H and O–H groups in total. The Bertz CT molecular complexity index is 763. The van der Waals surface area contributed by atoms with Gasteiger partial charge in [-0.3, -0.25) is 4.31 Å². The van der Waals surface area contributed by atoms with Gasteiger partial charge in [-0.15, -0.1) is 0 Å². The lowest BCUT2D eigenvalue weighted by atomic mass is 10.2. The van der Waals surface area contributed by atoms with Gasteiger partial charge in [-0.05, 0) is 32.9 Å². The van der Waals surface area contributed by atoms with Crippen molar-refractivity contribution in [2.45, 2.75) is 31.8 Å². The SMILES string of the molecule is Cc1noc(C)c1S(=O)(=O)N1CC(C)Oc2ccccc21. The van der Waals surface area contributed by atoms with Crippen LogP contribution in [0.2, 0.25) is 0 Å². The van der Waals surface area contributed by atoms with Crippen molar-refractivity contribution >= 4 is 15.7 Å². The summed E-state index contributed by atoms with van der Waals surface area (Å²) in [6.45, 7) is 5.32. The molecule has 21 heavy (non-hydrogen) atoms. The van der Waals surface area contributed by atoms with Gasteiger partial charge >= 0.3 is 0 Å². The van der Waals surface area contributed by atoms with E-state index in [-0.39, 0.29) is 17.5 Å². The fourth-order valence-electron chi connectivity index (χ4n) is 2.53. The highest BCUT2D eigenvalue weighted by Gasteiger charge is 2.36. The van der Waals surface area contributed by atoms with Gasteiger partial charge in [0, 0.05) is 0 Å². The molecule has 2 heterocycles. The van der Waals surface area contributed by atoms with E-state index in [4.69, 9.17) is 9.26 Å². The van der Waals surface area contributed by atoms with Crippen molar-refractivity contribution in [2.75, 3.05) is 10.8 Å². The summed E-state index contributed by atoms with van der Waals surface area (Å²) >= 11 is 0. The van der Waals surface area contributed by atoms with Crippen molar-refractivity contribution in [1.29, 1.82) is 0 Å². The van der Waals surface area contributed by atoms with Gasteiger partial charge in [-0.1, -0.05) is 17.3 Å². The van der Waals surface area contributed by atoms with Gasteiger partial charge in [-0.25, -0.2) is 8.42 Å². The third-order valence-electron chi connectivity index (χ3n) is 3.40. The maximum Gasteiger partial charge on any atom is 0.269 e. The first-order valence-electron chi connectivity index (χ1n) is 6.62. The molecule has 6 nitrogen and oxygen atoms in total. The molecular formula is C14H16N2O4S. The number of hydrogen-bond donors (Lipinski definition) is 0. The number of anilines is 1. The van der Waals surface area contributed by atoms with Gasteiger partial charge in [0.05, 0.1) is 12.2 Å². The molecule has 0 aliphatic carbocycles. The summed E-state index contributed by atoms with van der Waals surface area (Å²) in [5.41, 5.74) is 0.903. The number of aromatic nitrogens is 1. The third-order valence-corrected chi connectivity index (χ3v) is 5.43. The Morgan fingerprint density at radius 2 is 2.00 bits per heavy atom. The number of para-hydroxylation sites is 2. The molecule has 2 aromatic rings. The van der Waals surface area contributed by atoms with Gasteiger partial charge in [0.2, 0.25) is 0 Å². The minimum Gasteiger partial charge on any atom is -0.487 e. The molecule has 1 atom stereocenters. The summed E-state index contributed by atoms with van der Waals surface area (Å²) < 4.78 is 38.0. The molecule has 1 aromatic heterocycles. The summed E-state index contributed by atoms with van der Waals surface area (Å²) in [5, 5.41) is 3.74. The zero-order valence-electron chi connectivity index (χ0n) is 12.0. The molecular weight excluding hydrogens is 292 g/mol. The van der Waals surface area contributed by atoms with Crippen LogP contribution in [0.15, 0.2) is 33.7 Å². The number of hydrogen-bond acceptors (Lipinski definition) is 5. The van der Waals surface area contributed by atoms with Crippen LogP contribution in [0.3, 0.4) is 0 Å². The van der Waals surface area contributed by atoms with Crippen LogP contribution < -0.4 is 9.04 Å². The number of sulfonamides is 1. The zero-order valence-corrected chi connectivity index (χ0v) is 12.8. The molecule has 0 saturated heterocycles. The average Bonchev–Trinajstić information content (AvgIpc) is 2.77. The molecule has 0 bridgehead atoms. The number of nitrogens with zero attached hydrogens (tertiary/aromatic N) is 2. The van der Waals surface area contributed by atoms with Crippen LogP contribution in [-0.4, -0.2) is 26.2 Å². The molecule has 0 saturated carbocycles. The summed E-state index contributed by atoms with van der Waals surface area (Å²) in [6.07, 6.45) is -0.227. The Morgan fingerprint density at radius 1 is 1.29 bits per heavy atom. The molecule has 0 radical (unpaired) electrons. The lowest BCUT2D eigenvalue weighted by Crippen LogP contribution is -2.42. The highest BCUT2D eigenvalue weighted by molar-refractivity contribution is 7.93. The van der Waals surface area contributed by atoms with E-state index < -0.39 is 10.0 Å². The van der Waals surface area contributed by atoms with E-state index in [1.54, 1.807) is 32.0 Å². The largest absolute Gasteiger partial charge is 0.487 e. The smallest absolute Gasteiger partial charge is 0.269 e. The predicted octanol–water partition coefficient (Wildman–Crippen LogP) is 2.27. The maximum atomic E-state index is 13.0. The van der Waals surface area contributed by atoms with Gasteiger partial charge in [0.1, 0.15) is 17.5 Å². The van der Waals surface area contributed by atoms with Crippen molar-refractivity contribution in [3.05, 3.63) is 35.7 Å². The van der Waals surface area contributed by atoms with Gasteiger partial charge in [0.25, 0.3) is 10.0 Å². The van der Waals surface area contributed by atoms with Crippen LogP contribution in [0.5, 0.6) is 5.75 Å². The molecule has 1 aliphatic heterocycles. The first kappa shape index (κ1) is 13.9. The summed E-state index contributed by atoms with van der Waals surface area (Å²) in [6, 6.07) is 7.10. The van der Waals surface area contributed by atoms with E-state index in [2.05, 4.69) is 5.16 Å². The Kier molecular flexibility index (Phi) is 3.16. The van der Waals surface area contributed by atoms with Crippen molar-refractivity contribution in [3.63, 3.8) is 0 Å². The molecule has 0 spiro atoms. The quantitative estimate of drug-likeness (QED) is 0.851. The summed E-state index contributed by atoms with van der Waals surface area (Å²) in [4.78, 5) is 0.131. The average molecular weight is 308 g/mol. The van der Waals surface area contributed by atoms with Crippen LogP contribution in [0, 0.1) is 13.8 Å². The van der Waals surface area contributed by atoms with Crippen molar-refractivity contribution in [3.8, 4) is 5.75 Å². The Morgan fingerprint density at radius 3 is 2.67 bits per heavy atom. The highest BCUT2D eigenvalue weighted by Crippen LogP contribution is 2.37. The minimum absolute atomic E-state index is 0.131. The van der Waals surface area contributed by atoms with Crippen molar-refractivity contribution < 1.29 is 17.7 Å². The summed E-state index contributed by atoms with van der Waals surface area (Å²) in [5.74, 6) is 0.857. The van der Waals surface area contributed by atoms with E-state index in [0.29, 0.717) is 22.9 Å². The lowest BCUT2D eigenvalue weighted by molar-refractivity contribution is 0.219. The zero-order chi connectivity index (χ0) is 15.2. The summed E-state index contributed by atoms with van der Waals surface area (Å²) in [7, 11) is -3.73. The van der Waals surface area contributed by atoms with E-state index in [0.717, 1.165) is 0 Å². The molecule has 7 heteroatoms. The van der Waals surface area contributed by atoms with Crippen LogP contribution in [0.25, 0.3) is 0 Å². The third kappa shape index (κ3) is 2.17. The molecule has 0 amide bonds. The van der Waals surface area contributed by atoms with Crippen LogP contribution >= 0.6 is 0 Å². The first-order valence-corrected chi connectivity index (χ1v) is 8.06. The fraction of sp³-hybridized carbons (Fsp3) is 0.357. The van der Waals surface area contributed by atoms with Crippen LogP contribution in [0.1, 0.15) is 18.4 Å². The number of benzene rings is 1. The topological polar surface area (TPSA) is 72.6 Å². The fourth-order valence-corrected chi connectivity index (χ4v) is 4.38. The number of ether oxygens (including phenoxy) is 1. The predicted molar refractivity (Wildman–Crippen MR) is 77.0 cm³/mol. The molecule has 1 aromatic carbocycles. The highest BCUT2D eigenvalue weighted by atomic mass is 32.2. The molecule has 112 valence electrons. The molecule has 3 rings (SSSR count). The molecule has 0 fully saturated rings. The minimum atomic E-state index is -3.73. The van der Waals surface area contributed by atoms with Crippen molar-refractivity contribution in [1.82, 2.24) is 5.16 Å². The van der Waals surface area contributed by atoms with Gasteiger partial charge in [-0.2, -0.15) is 0 Å². The Hall–Kier alpha value is -2.02. The van der Waals surface area contributed by atoms with Crippen LogP contribution in [-0.2, 0) is 10.0 Å².